The van der Waals surface area contributed by atoms with Gasteiger partial charge in [0.25, 0.3) is 0 Å². The van der Waals surface area contributed by atoms with Crippen LogP contribution < -0.4 is 24.3 Å². The number of ether oxygens (including phenoxy) is 4. The monoisotopic (exact) mass is 373 g/mol. The summed E-state index contributed by atoms with van der Waals surface area (Å²) in [6.45, 7) is 1.92. The molecule has 0 saturated carbocycles. The van der Waals surface area contributed by atoms with Gasteiger partial charge in [0.05, 0.1) is 34.5 Å². The molecule has 1 atom stereocenters. The van der Waals surface area contributed by atoms with Gasteiger partial charge in [0.2, 0.25) is 5.91 Å². The number of carbonyl (C=O) groups excluding carboxylic acids is 1. The number of methoxy groups -OCH3 is 4. The van der Waals surface area contributed by atoms with Gasteiger partial charge in [-0.05, 0) is 43.2 Å². The highest BCUT2D eigenvalue weighted by Gasteiger charge is 2.16. The topological polar surface area (TPSA) is 66.0 Å². The average molecular weight is 373 g/mol. The molecule has 0 bridgehead atoms. The van der Waals surface area contributed by atoms with E-state index in [1.807, 2.05) is 43.3 Å². The highest BCUT2D eigenvalue weighted by atomic mass is 16.5. The predicted molar refractivity (Wildman–Crippen MR) is 104 cm³/mol. The first-order valence-electron chi connectivity index (χ1n) is 8.75. The van der Waals surface area contributed by atoms with Crippen LogP contribution in [-0.4, -0.2) is 34.3 Å². The zero-order valence-electron chi connectivity index (χ0n) is 16.5. The second-order valence-electron chi connectivity index (χ2n) is 6.05. The van der Waals surface area contributed by atoms with Crippen LogP contribution in [0, 0.1) is 0 Å². The van der Waals surface area contributed by atoms with Crippen molar-refractivity contribution in [1.29, 1.82) is 0 Å². The first-order valence-corrected chi connectivity index (χ1v) is 8.75. The summed E-state index contributed by atoms with van der Waals surface area (Å²) in [6.07, 6.45) is 0.883. The first-order chi connectivity index (χ1) is 13.0. The molecule has 1 N–H and O–H groups in total. The summed E-state index contributed by atoms with van der Waals surface area (Å²) in [7, 11) is 6.40. The van der Waals surface area contributed by atoms with Gasteiger partial charge in [-0.1, -0.05) is 12.1 Å². The van der Waals surface area contributed by atoms with Crippen LogP contribution in [0.2, 0.25) is 0 Å². The number of rotatable bonds is 9. The van der Waals surface area contributed by atoms with Gasteiger partial charge in [-0.2, -0.15) is 0 Å². The highest BCUT2D eigenvalue weighted by Crippen LogP contribution is 2.32. The van der Waals surface area contributed by atoms with E-state index in [0.717, 1.165) is 11.1 Å². The number of hydrogen-bond acceptors (Lipinski definition) is 5. The summed E-state index contributed by atoms with van der Waals surface area (Å²) in [6, 6.07) is 11.0. The van der Waals surface area contributed by atoms with Crippen LogP contribution in [0.15, 0.2) is 36.4 Å². The molecule has 0 radical (unpaired) electrons. The minimum Gasteiger partial charge on any atom is -0.497 e. The lowest BCUT2D eigenvalue weighted by Gasteiger charge is -2.18. The molecule has 146 valence electrons. The number of benzene rings is 2. The van der Waals surface area contributed by atoms with Crippen LogP contribution in [0.5, 0.6) is 23.0 Å². The Hall–Kier alpha value is -2.89. The maximum absolute atomic E-state index is 12.5. The van der Waals surface area contributed by atoms with E-state index in [9.17, 15) is 4.79 Å². The lowest BCUT2D eigenvalue weighted by Crippen LogP contribution is -2.27. The van der Waals surface area contributed by atoms with Gasteiger partial charge in [-0.15, -0.1) is 0 Å². The second kappa shape index (κ2) is 9.71. The van der Waals surface area contributed by atoms with Crippen molar-refractivity contribution < 1.29 is 23.7 Å². The summed E-state index contributed by atoms with van der Waals surface area (Å²) in [5.41, 5.74) is 1.79. The SMILES string of the molecule is COc1ccc(OC)c([C@H](C)NC(=O)CCc2cccc(OC)c2OC)c1. The highest BCUT2D eigenvalue weighted by molar-refractivity contribution is 5.77. The number of aryl methyl sites for hydroxylation is 1. The molecule has 0 saturated heterocycles. The number of para-hydroxylation sites is 1. The normalized spacial score (nSPS) is 11.4. The van der Waals surface area contributed by atoms with Crippen LogP contribution in [0.4, 0.5) is 0 Å². The minimum atomic E-state index is -0.213. The van der Waals surface area contributed by atoms with Crippen molar-refractivity contribution >= 4 is 5.91 Å². The molecule has 1 amide bonds. The average Bonchev–Trinajstić information content (AvgIpc) is 2.70. The van der Waals surface area contributed by atoms with Crippen LogP contribution in [0.1, 0.15) is 30.5 Å². The Balaban J connectivity index is 2.04. The third-order valence-electron chi connectivity index (χ3n) is 4.39. The summed E-state index contributed by atoms with van der Waals surface area (Å²) in [5.74, 6) is 2.68. The van der Waals surface area contributed by atoms with Crippen molar-refractivity contribution in [3.8, 4) is 23.0 Å². The third-order valence-corrected chi connectivity index (χ3v) is 4.39. The smallest absolute Gasteiger partial charge is 0.220 e. The first kappa shape index (κ1) is 20.4. The minimum absolute atomic E-state index is 0.0581. The van der Waals surface area contributed by atoms with E-state index in [1.54, 1.807) is 28.4 Å². The fraction of sp³-hybridized carbons (Fsp3) is 0.381. The van der Waals surface area contributed by atoms with Gasteiger partial charge in [0.15, 0.2) is 11.5 Å². The Kier molecular flexibility index (Phi) is 7.34. The molecule has 0 aliphatic rings. The maximum Gasteiger partial charge on any atom is 0.220 e. The molecule has 2 aromatic carbocycles. The van der Waals surface area contributed by atoms with E-state index in [-0.39, 0.29) is 11.9 Å². The third kappa shape index (κ3) is 5.06. The van der Waals surface area contributed by atoms with Crippen molar-refractivity contribution in [3.63, 3.8) is 0 Å². The van der Waals surface area contributed by atoms with E-state index < -0.39 is 0 Å². The predicted octanol–water partition coefficient (Wildman–Crippen LogP) is 3.53. The molecule has 0 aliphatic carbocycles. The van der Waals surface area contributed by atoms with Gasteiger partial charge in [-0.25, -0.2) is 0 Å². The van der Waals surface area contributed by atoms with E-state index in [4.69, 9.17) is 18.9 Å². The van der Waals surface area contributed by atoms with Crippen LogP contribution >= 0.6 is 0 Å². The Labute approximate surface area is 160 Å². The lowest BCUT2D eigenvalue weighted by molar-refractivity contribution is -0.121. The van der Waals surface area contributed by atoms with Crippen LogP contribution in [-0.2, 0) is 11.2 Å². The van der Waals surface area contributed by atoms with Crippen LogP contribution in [0.25, 0.3) is 0 Å². The molecule has 2 rings (SSSR count). The summed E-state index contributed by atoms with van der Waals surface area (Å²) in [4.78, 5) is 12.5. The Bertz CT molecular complexity index is 775. The largest absolute Gasteiger partial charge is 0.497 e. The van der Waals surface area contributed by atoms with Crippen molar-refractivity contribution in [3.05, 3.63) is 47.5 Å². The molecular formula is C21H27NO5. The lowest BCUT2D eigenvalue weighted by atomic mass is 10.0. The van der Waals surface area contributed by atoms with E-state index in [0.29, 0.717) is 35.8 Å². The molecular weight excluding hydrogens is 346 g/mol. The van der Waals surface area contributed by atoms with Gasteiger partial charge < -0.3 is 24.3 Å². The standard InChI is InChI=1S/C21H27NO5/c1-14(17-13-16(24-2)10-11-18(17)25-3)22-20(23)12-9-15-7-6-8-19(26-4)21(15)27-5/h6-8,10-11,13-14H,9,12H2,1-5H3,(H,22,23)/t14-/m0/s1. The molecule has 0 spiro atoms. The van der Waals surface area contributed by atoms with E-state index >= 15 is 0 Å². The van der Waals surface area contributed by atoms with Gasteiger partial charge in [0.1, 0.15) is 11.5 Å². The second-order valence-corrected chi connectivity index (χ2v) is 6.05. The number of amides is 1. The van der Waals surface area contributed by atoms with Gasteiger partial charge in [-0.3, -0.25) is 4.79 Å². The molecule has 6 heteroatoms. The van der Waals surface area contributed by atoms with E-state index in [1.165, 1.54) is 0 Å². The summed E-state index contributed by atoms with van der Waals surface area (Å²) >= 11 is 0. The molecule has 0 heterocycles. The zero-order chi connectivity index (χ0) is 19.8. The Morgan fingerprint density at radius 1 is 0.963 bits per heavy atom. The van der Waals surface area contributed by atoms with Gasteiger partial charge in [0, 0.05) is 12.0 Å². The molecule has 0 unspecified atom stereocenters. The fourth-order valence-corrected chi connectivity index (χ4v) is 2.97. The van der Waals surface area contributed by atoms with Crippen molar-refractivity contribution in [2.45, 2.75) is 25.8 Å². The fourth-order valence-electron chi connectivity index (χ4n) is 2.97. The number of carbonyl (C=O) groups is 1. The summed E-state index contributed by atoms with van der Waals surface area (Å²) in [5, 5.41) is 3.01. The quantitative estimate of drug-likeness (QED) is 0.728. The Morgan fingerprint density at radius 3 is 2.33 bits per heavy atom. The zero-order valence-corrected chi connectivity index (χ0v) is 16.5. The molecule has 0 aliphatic heterocycles. The van der Waals surface area contributed by atoms with E-state index in [2.05, 4.69) is 5.32 Å². The number of nitrogens with one attached hydrogen (secondary N) is 1. The molecule has 0 aromatic heterocycles. The van der Waals surface area contributed by atoms with Crippen molar-refractivity contribution in [2.75, 3.05) is 28.4 Å². The molecule has 2 aromatic rings. The Morgan fingerprint density at radius 2 is 1.70 bits per heavy atom. The van der Waals surface area contributed by atoms with Crippen molar-refractivity contribution in [1.82, 2.24) is 5.32 Å². The molecule has 0 fully saturated rings. The summed E-state index contributed by atoms with van der Waals surface area (Å²) < 4.78 is 21.4. The molecule has 6 nitrogen and oxygen atoms in total. The van der Waals surface area contributed by atoms with Crippen molar-refractivity contribution in [2.24, 2.45) is 0 Å². The van der Waals surface area contributed by atoms with Gasteiger partial charge >= 0.3 is 0 Å². The molecule has 27 heavy (non-hydrogen) atoms. The maximum atomic E-state index is 12.5. The number of hydrogen-bond donors (Lipinski definition) is 1. The van der Waals surface area contributed by atoms with Crippen LogP contribution in [0.3, 0.4) is 0 Å².